The molecule has 2 saturated heterocycles. The fourth-order valence-electron chi connectivity index (χ4n) is 5.97. The zero-order valence-electron chi connectivity index (χ0n) is 18.1. The Bertz CT molecular complexity index is 1160. The average Bonchev–Trinajstić information content (AvgIpc) is 3.19. The number of hydrogen-bond donors (Lipinski definition) is 2. The summed E-state index contributed by atoms with van der Waals surface area (Å²) in [6.07, 6.45) is 7.80. The molecule has 2 aromatic heterocycles. The predicted molar refractivity (Wildman–Crippen MR) is 125 cm³/mol. The van der Waals surface area contributed by atoms with Crippen molar-refractivity contribution in [1.29, 1.82) is 5.26 Å². The van der Waals surface area contributed by atoms with Crippen molar-refractivity contribution in [3.8, 4) is 6.07 Å². The first kappa shape index (κ1) is 21.3. The number of aliphatic hydroxyl groups excluding tert-OH is 1. The van der Waals surface area contributed by atoms with Crippen molar-refractivity contribution in [2.24, 2.45) is 11.8 Å². The molecule has 2 aromatic rings. The SMILES string of the molecule is N#Cc1c(N2CC3CC(C2)C3c2ncc(Cl)cn2)nc(NC2(CO)CCC2)c2c1CC[S@]2=O. The van der Waals surface area contributed by atoms with E-state index >= 15 is 0 Å². The lowest BCUT2D eigenvalue weighted by atomic mass is 9.61. The third kappa shape index (κ3) is 3.34. The van der Waals surface area contributed by atoms with Crippen LogP contribution in [-0.2, 0) is 17.2 Å². The van der Waals surface area contributed by atoms with Crippen molar-refractivity contribution in [2.75, 3.05) is 35.7 Å². The molecule has 2 saturated carbocycles. The molecule has 3 atom stereocenters. The summed E-state index contributed by atoms with van der Waals surface area (Å²) in [5.74, 6) is 3.71. The lowest BCUT2D eigenvalue weighted by molar-refractivity contribution is 0.104. The molecule has 0 radical (unpaired) electrons. The second kappa shape index (κ2) is 7.90. The third-order valence-electron chi connectivity index (χ3n) is 7.88. The van der Waals surface area contributed by atoms with Gasteiger partial charge in [-0.15, -0.1) is 0 Å². The van der Waals surface area contributed by atoms with Crippen molar-refractivity contribution >= 4 is 34.0 Å². The Balaban J connectivity index is 1.34. The fourth-order valence-corrected chi connectivity index (χ4v) is 7.45. The number of anilines is 2. The van der Waals surface area contributed by atoms with E-state index in [0.29, 0.717) is 57.0 Å². The van der Waals surface area contributed by atoms with E-state index in [1.165, 1.54) is 0 Å². The maximum absolute atomic E-state index is 12.8. The normalized spacial score (nSPS) is 28.9. The van der Waals surface area contributed by atoms with Crippen LogP contribution in [0.3, 0.4) is 0 Å². The summed E-state index contributed by atoms with van der Waals surface area (Å²) in [5.41, 5.74) is 1.00. The molecule has 10 heteroatoms. The minimum Gasteiger partial charge on any atom is -0.394 e. The van der Waals surface area contributed by atoms with E-state index in [9.17, 15) is 14.6 Å². The summed E-state index contributed by atoms with van der Waals surface area (Å²) >= 11 is 5.96. The zero-order valence-corrected chi connectivity index (χ0v) is 19.7. The Hall–Kier alpha value is -2.28. The fraction of sp³-hybridized carbons (Fsp3) is 0.565. The average molecular weight is 485 g/mol. The Morgan fingerprint density at radius 2 is 2.03 bits per heavy atom. The summed E-state index contributed by atoms with van der Waals surface area (Å²) in [6, 6.07) is 2.37. The van der Waals surface area contributed by atoms with E-state index < -0.39 is 16.3 Å². The molecule has 0 amide bonds. The van der Waals surface area contributed by atoms with Gasteiger partial charge in [-0.1, -0.05) is 11.6 Å². The van der Waals surface area contributed by atoms with Gasteiger partial charge < -0.3 is 15.3 Å². The monoisotopic (exact) mass is 484 g/mol. The van der Waals surface area contributed by atoms with Crippen LogP contribution in [0.2, 0.25) is 5.02 Å². The maximum atomic E-state index is 12.8. The molecule has 33 heavy (non-hydrogen) atoms. The molecule has 7 rings (SSSR count). The number of nitrogens with one attached hydrogen (secondary N) is 1. The lowest BCUT2D eigenvalue weighted by Gasteiger charge is -2.53. The second-order valence-electron chi connectivity index (χ2n) is 9.74. The van der Waals surface area contributed by atoms with E-state index in [1.54, 1.807) is 12.4 Å². The van der Waals surface area contributed by atoms with Crippen molar-refractivity contribution in [3.05, 3.63) is 34.4 Å². The molecule has 3 aliphatic heterocycles. The predicted octanol–water partition coefficient (Wildman–Crippen LogP) is 2.63. The van der Waals surface area contributed by atoms with Gasteiger partial charge in [-0.2, -0.15) is 5.26 Å². The first-order valence-corrected chi connectivity index (χ1v) is 13.2. The van der Waals surface area contributed by atoms with E-state index in [-0.39, 0.29) is 6.61 Å². The highest BCUT2D eigenvalue weighted by atomic mass is 35.5. The van der Waals surface area contributed by atoms with Gasteiger partial charge in [-0.25, -0.2) is 15.0 Å². The van der Waals surface area contributed by atoms with E-state index in [4.69, 9.17) is 16.6 Å². The molecule has 8 nitrogen and oxygen atoms in total. The van der Waals surface area contributed by atoms with Crippen LogP contribution < -0.4 is 10.2 Å². The highest BCUT2D eigenvalue weighted by molar-refractivity contribution is 7.85. The Kier molecular flexibility index (Phi) is 5.09. The van der Waals surface area contributed by atoms with Crippen LogP contribution in [0.15, 0.2) is 17.3 Å². The van der Waals surface area contributed by atoms with Gasteiger partial charge in [0.25, 0.3) is 0 Å². The van der Waals surface area contributed by atoms with E-state index in [2.05, 4.69) is 26.3 Å². The number of fused-ring (bicyclic) bond motifs is 3. The molecule has 4 fully saturated rings. The van der Waals surface area contributed by atoms with Gasteiger partial charge in [-0.05, 0) is 49.5 Å². The molecular weight excluding hydrogens is 460 g/mol. The zero-order chi connectivity index (χ0) is 22.7. The summed E-state index contributed by atoms with van der Waals surface area (Å²) < 4.78 is 12.8. The van der Waals surface area contributed by atoms with Gasteiger partial charge >= 0.3 is 0 Å². The largest absolute Gasteiger partial charge is 0.394 e. The first-order valence-electron chi connectivity index (χ1n) is 11.5. The van der Waals surface area contributed by atoms with Crippen LogP contribution in [-0.4, -0.2) is 55.3 Å². The highest BCUT2D eigenvalue weighted by Gasteiger charge is 2.50. The number of halogens is 1. The van der Waals surface area contributed by atoms with Crippen LogP contribution in [0, 0.1) is 23.2 Å². The number of rotatable bonds is 5. The quantitative estimate of drug-likeness (QED) is 0.665. The molecule has 0 aromatic carbocycles. The molecule has 5 heterocycles. The molecule has 2 unspecified atom stereocenters. The molecule has 2 aliphatic carbocycles. The number of hydrogen-bond acceptors (Lipinski definition) is 8. The summed E-state index contributed by atoms with van der Waals surface area (Å²) in [5, 5.41) is 24.0. The van der Waals surface area contributed by atoms with Crippen molar-refractivity contribution in [3.63, 3.8) is 0 Å². The standard InChI is InChI=1S/C23H25ClN6O2S/c24-15-8-26-20(27-9-15)18-13-6-14(18)11-30(10-13)22-17(7-25)16-2-5-33(32)19(16)21(28-22)29-23(12-31)3-1-4-23/h8-9,13-14,18,31H,1-6,10-12H2,(H,28,29)/t13?,14?,18?,33-/m1/s1. The van der Waals surface area contributed by atoms with E-state index in [1.807, 2.05) is 0 Å². The van der Waals surface area contributed by atoms with Crippen LogP contribution >= 0.6 is 11.6 Å². The van der Waals surface area contributed by atoms with Crippen molar-refractivity contribution in [2.45, 2.75) is 48.5 Å². The Morgan fingerprint density at radius 3 is 2.64 bits per heavy atom. The van der Waals surface area contributed by atoms with Crippen LogP contribution in [0.5, 0.6) is 0 Å². The second-order valence-corrected chi connectivity index (χ2v) is 11.7. The minimum absolute atomic E-state index is 0.0159. The molecule has 0 spiro atoms. The smallest absolute Gasteiger partial charge is 0.149 e. The van der Waals surface area contributed by atoms with Crippen molar-refractivity contribution in [1.82, 2.24) is 15.0 Å². The summed E-state index contributed by atoms with van der Waals surface area (Å²) in [6.45, 7) is 1.57. The number of aliphatic hydroxyl groups is 1. The Labute approximate surface area is 199 Å². The van der Waals surface area contributed by atoms with Gasteiger partial charge in [0.1, 0.15) is 23.5 Å². The number of pyridine rings is 1. The molecule has 5 aliphatic rings. The highest BCUT2D eigenvalue weighted by Crippen LogP contribution is 2.52. The lowest BCUT2D eigenvalue weighted by Crippen LogP contribution is -2.55. The van der Waals surface area contributed by atoms with Gasteiger partial charge in [0.15, 0.2) is 0 Å². The topological polar surface area (TPSA) is 115 Å². The summed E-state index contributed by atoms with van der Waals surface area (Å²) in [4.78, 5) is 16.7. The number of nitrogens with zero attached hydrogens (tertiary/aromatic N) is 5. The summed E-state index contributed by atoms with van der Waals surface area (Å²) in [7, 11) is -1.18. The maximum Gasteiger partial charge on any atom is 0.149 e. The van der Waals surface area contributed by atoms with Crippen LogP contribution in [0.1, 0.15) is 48.6 Å². The number of aromatic nitrogens is 3. The van der Waals surface area contributed by atoms with Crippen molar-refractivity contribution < 1.29 is 9.32 Å². The molecular formula is C23H25ClN6O2S. The molecule has 2 bridgehead atoms. The number of piperidine rings is 2. The van der Waals surface area contributed by atoms with Gasteiger partial charge in [0.2, 0.25) is 0 Å². The van der Waals surface area contributed by atoms with Crippen LogP contribution in [0.25, 0.3) is 0 Å². The molecule has 172 valence electrons. The van der Waals surface area contributed by atoms with Gasteiger partial charge in [-0.3, -0.25) is 4.21 Å². The Morgan fingerprint density at radius 1 is 1.30 bits per heavy atom. The van der Waals surface area contributed by atoms with Gasteiger partial charge in [0.05, 0.1) is 38.4 Å². The first-order chi connectivity index (χ1) is 16.0. The third-order valence-corrected chi connectivity index (χ3v) is 9.54. The van der Waals surface area contributed by atoms with Crippen LogP contribution in [0.4, 0.5) is 11.6 Å². The minimum atomic E-state index is -1.18. The van der Waals surface area contributed by atoms with E-state index in [0.717, 1.165) is 50.2 Å². The molecule has 2 N–H and O–H groups in total. The number of nitriles is 1. The van der Waals surface area contributed by atoms with Gasteiger partial charge in [0, 0.05) is 37.2 Å².